The van der Waals surface area contributed by atoms with Gasteiger partial charge in [0.2, 0.25) is 5.91 Å². The number of halogens is 1. The number of nitrogens with one attached hydrogen (secondary N) is 1. The van der Waals surface area contributed by atoms with E-state index in [1.807, 2.05) is 18.5 Å². The predicted molar refractivity (Wildman–Crippen MR) is 110 cm³/mol. The van der Waals surface area contributed by atoms with Crippen LogP contribution in [0.3, 0.4) is 0 Å². The molecule has 2 aromatic rings. The van der Waals surface area contributed by atoms with E-state index in [0.29, 0.717) is 12.3 Å². The zero-order valence-electron chi connectivity index (χ0n) is 17.1. The van der Waals surface area contributed by atoms with Crippen LogP contribution in [0.1, 0.15) is 68.3 Å². The average Bonchev–Trinajstić information content (AvgIpc) is 3.00. The summed E-state index contributed by atoms with van der Waals surface area (Å²) in [5.74, 6) is 1.11. The molecule has 154 valence electrons. The number of carbonyl (C=O) groups is 1. The molecule has 0 aliphatic carbocycles. The summed E-state index contributed by atoms with van der Waals surface area (Å²) in [6, 6.07) is 7.04. The van der Waals surface area contributed by atoms with Crippen molar-refractivity contribution in [2.24, 2.45) is 0 Å². The number of rotatable bonds is 4. The van der Waals surface area contributed by atoms with Gasteiger partial charge in [0.15, 0.2) is 0 Å². The van der Waals surface area contributed by atoms with Gasteiger partial charge in [-0.3, -0.25) is 9.69 Å². The van der Waals surface area contributed by atoms with Crippen LogP contribution in [0.15, 0.2) is 36.7 Å². The molecule has 3 heterocycles. The number of hydrogen-bond donors (Lipinski definition) is 1. The fourth-order valence-electron chi connectivity index (χ4n) is 4.66. The van der Waals surface area contributed by atoms with Crippen molar-refractivity contribution in [3.05, 3.63) is 59.4 Å². The molecule has 3 atom stereocenters. The van der Waals surface area contributed by atoms with Crippen molar-refractivity contribution in [2.45, 2.75) is 70.0 Å². The van der Waals surface area contributed by atoms with Gasteiger partial charge in [-0.05, 0) is 30.5 Å². The largest absolute Gasteiger partial charge is 0.351 e. The highest BCUT2D eigenvalue weighted by atomic mass is 19.1. The summed E-state index contributed by atoms with van der Waals surface area (Å²) in [6.07, 6.45) is 7.37. The fourth-order valence-corrected chi connectivity index (χ4v) is 4.66. The van der Waals surface area contributed by atoms with Crippen LogP contribution < -0.4 is 5.32 Å². The first-order valence-electron chi connectivity index (χ1n) is 10.6. The minimum Gasteiger partial charge on any atom is -0.351 e. The smallest absolute Gasteiger partial charge is 0.220 e. The van der Waals surface area contributed by atoms with E-state index in [2.05, 4.69) is 34.0 Å². The standard InChI is InChI=1S/C23H29FN4O/c1-15(2)23-25-11-16(12-26-23)13-28-14-19(17-6-5-7-18(24)10-17)22-20(28)8-3-4-9-21(29)27-22/h5-7,10-12,15,19-20,22H,3-4,8-9,13-14H2,1-2H3,(H,27,29)/t19-,20+,22-/m0/s1. The van der Waals surface area contributed by atoms with Gasteiger partial charge < -0.3 is 5.32 Å². The van der Waals surface area contributed by atoms with E-state index in [-0.39, 0.29) is 29.7 Å². The topological polar surface area (TPSA) is 58.1 Å². The van der Waals surface area contributed by atoms with E-state index in [1.54, 1.807) is 12.1 Å². The summed E-state index contributed by atoms with van der Waals surface area (Å²) in [5, 5.41) is 3.25. The molecule has 6 heteroatoms. The van der Waals surface area contributed by atoms with E-state index < -0.39 is 0 Å². The van der Waals surface area contributed by atoms with Crippen molar-refractivity contribution in [3.63, 3.8) is 0 Å². The molecule has 1 amide bonds. The third kappa shape index (κ3) is 4.47. The predicted octanol–water partition coefficient (Wildman–Crippen LogP) is 3.77. The fraction of sp³-hybridized carbons (Fsp3) is 0.522. The van der Waals surface area contributed by atoms with E-state index in [1.165, 1.54) is 6.07 Å². The molecule has 1 aromatic heterocycles. The van der Waals surface area contributed by atoms with Gasteiger partial charge in [0.1, 0.15) is 11.6 Å². The van der Waals surface area contributed by atoms with Crippen LogP contribution in [0, 0.1) is 5.82 Å². The maximum atomic E-state index is 13.9. The molecule has 0 bridgehead atoms. The van der Waals surface area contributed by atoms with Crippen LogP contribution in [0.2, 0.25) is 0 Å². The second-order valence-electron chi connectivity index (χ2n) is 8.60. The summed E-state index contributed by atoms with van der Waals surface area (Å²) in [5.41, 5.74) is 2.02. The summed E-state index contributed by atoms with van der Waals surface area (Å²) in [6.45, 7) is 5.69. The Balaban J connectivity index is 1.60. The minimum absolute atomic E-state index is 0.000422. The van der Waals surface area contributed by atoms with E-state index in [4.69, 9.17) is 0 Å². The third-order valence-electron chi connectivity index (χ3n) is 6.13. The zero-order valence-corrected chi connectivity index (χ0v) is 17.1. The van der Waals surface area contributed by atoms with Crippen LogP contribution >= 0.6 is 0 Å². The monoisotopic (exact) mass is 396 g/mol. The minimum atomic E-state index is -0.229. The van der Waals surface area contributed by atoms with Crippen molar-refractivity contribution in [3.8, 4) is 0 Å². The number of fused-ring (bicyclic) bond motifs is 1. The van der Waals surface area contributed by atoms with Crippen molar-refractivity contribution in [2.75, 3.05) is 6.54 Å². The lowest BCUT2D eigenvalue weighted by Gasteiger charge is -2.31. The maximum Gasteiger partial charge on any atom is 0.220 e. The lowest BCUT2D eigenvalue weighted by molar-refractivity contribution is -0.122. The maximum absolute atomic E-state index is 13.9. The van der Waals surface area contributed by atoms with Gasteiger partial charge >= 0.3 is 0 Å². The van der Waals surface area contributed by atoms with Crippen molar-refractivity contribution in [1.29, 1.82) is 0 Å². The highest BCUT2D eigenvalue weighted by Crippen LogP contribution is 2.36. The van der Waals surface area contributed by atoms with Gasteiger partial charge in [0.25, 0.3) is 0 Å². The molecule has 1 N–H and O–H groups in total. The van der Waals surface area contributed by atoms with Crippen molar-refractivity contribution < 1.29 is 9.18 Å². The Morgan fingerprint density at radius 2 is 2.03 bits per heavy atom. The summed E-state index contributed by atoms with van der Waals surface area (Å²) in [4.78, 5) is 23.8. The molecule has 5 nitrogen and oxygen atoms in total. The van der Waals surface area contributed by atoms with Gasteiger partial charge in [0, 0.05) is 55.3 Å². The van der Waals surface area contributed by atoms with Crippen molar-refractivity contribution in [1.82, 2.24) is 20.2 Å². The van der Waals surface area contributed by atoms with E-state index in [0.717, 1.165) is 49.3 Å². The van der Waals surface area contributed by atoms with Gasteiger partial charge in [-0.25, -0.2) is 14.4 Å². The number of aromatic nitrogens is 2. The molecule has 2 fully saturated rings. The first kappa shape index (κ1) is 20.0. The first-order chi connectivity index (χ1) is 14.0. The van der Waals surface area contributed by atoms with Gasteiger partial charge in [-0.15, -0.1) is 0 Å². The Kier molecular flexibility index (Phi) is 5.90. The molecular weight excluding hydrogens is 367 g/mol. The molecule has 4 rings (SSSR count). The van der Waals surface area contributed by atoms with Crippen LogP contribution in [-0.2, 0) is 11.3 Å². The Labute approximate surface area is 171 Å². The molecule has 29 heavy (non-hydrogen) atoms. The second-order valence-corrected chi connectivity index (χ2v) is 8.60. The quantitative estimate of drug-likeness (QED) is 0.855. The van der Waals surface area contributed by atoms with Crippen molar-refractivity contribution >= 4 is 5.91 Å². The number of amides is 1. The third-order valence-corrected chi connectivity index (χ3v) is 6.13. The molecule has 2 saturated heterocycles. The molecule has 1 aromatic carbocycles. The van der Waals surface area contributed by atoms with Crippen LogP contribution in [0.25, 0.3) is 0 Å². The SMILES string of the molecule is CC(C)c1ncc(CN2C[C@@H](c3cccc(F)c3)[C@@H]3NC(=O)CCCC[C@H]32)cn1. The Morgan fingerprint density at radius 3 is 2.76 bits per heavy atom. The molecule has 0 unspecified atom stereocenters. The lowest BCUT2D eigenvalue weighted by atomic mass is 9.88. The summed E-state index contributed by atoms with van der Waals surface area (Å²) < 4.78 is 13.9. The number of carbonyl (C=O) groups excluding carboxylic acids is 1. The Hall–Kier alpha value is -2.34. The van der Waals surface area contributed by atoms with Gasteiger partial charge in [-0.1, -0.05) is 32.4 Å². The van der Waals surface area contributed by atoms with E-state index in [9.17, 15) is 9.18 Å². The number of nitrogens with zero attached hydrogens (tertiary/aromatic N) is 3. The molecule has 2 aliphatic rings. The molecule has 0 radical (unpaired) electrons. The zero-order chi connectivity index (χ0) is 20.4. The lowest BCUT2D eigenvalue weighted by Crippen LogP contribution is -2.47. The second kappa shape index (κ2) is 8.57. The Bertz CT molecular complexity index is 854. The van der Waals surface area contributed by atoms with Gasteiger partial charge in [-0.2, -0.15) is 0 Å². The Morgan fingerprint density at radius 1 is 1.24 bits per heavy atom. The van der Waals surface area contributed by atoms with Gasteiger partial charge in [0.05, 0.1) is 6.04 Å². The molecule has 0 spiro atoms. The summed E-state index contributed by atoms with van der Waals surface area (Å²) in [7, 11) is 0. The molecule has 0 saturated carbocycles. The van der Waals surface area contributed by atoms with Crippen LogP contribution in [0.4, 0.5) is 4.39 Å². The summed E-state index contributed by atoms with van der Waals surface area (Å²) >= 11 is 0. The van der Waals surface area contributed by atoms with E-state index >= 15 is 0 Å². The molecular formula is C23H29FN4O. The highest BCUT2D eigenvalue weighted by molar-refractivity contribution is 5.76. The molecule has 2 aliphatic heterocycles. The normalized spacial score (nSPS) is 25.4. The number of hydrogen-bond acceptors (Lipinski definition) is 4. The van der Waals surface area contributed by atoms with Crippen LogP contribution in [-0.4, -0.2) is 39.4 Å². The number of benzene rings is 1. The first-order valence-corrected chi connectivity index (χ1v) is 10.6. The highest BCUT2D eigenvalue weighted by Gasteiger charge is 2.43. The van der Waals surface area contributed by atoms with Crippen LogP contribution in [0.5, 0.6) is 0 Å². The number of likely N-dealkylation sites (tertiary alicyclic amines) is 1. The average molecular weight is 397 g/mol.